The van der Waals surface area contributed by atoms with Crippen LogP contribution in [0.4, 0.5) is 0 Å². The highest BCUT2D eigenvalue weighted by molar-refractivity contribution is 7.99. The number of carbonyl (C=O) groups excluding carboxylic acids is 3. The van der Waals surface area contributed by atoms with E-state index in [1.54, 1.807) is 12.3 Å². The van der Waals surface area contributed by atoms with Crippen molar-refractivity contribution in [2.75, 3.05) is 0 Å². The molecule has 2 rings (SSSR count). The zero-order valence-electron chi connectivity index (χ0n) is 11.5. The summed E-state index contributed by atoms with van der Waals surface area (Å²) in [5.41, 5.74) is 0. The number of hydrogen-bond donors (Lipinski definition) is 0. The minimum absolute atomic E-state index is 0.0738. The number of amides is 2. The van der Waals surface area contributed by atoms with Crippen molar-refractivity contribution in [3.05, 3.63) is 24.4 Å². The van der Waals surface area contributed by atoms with Crippen LogP contribution in [0.15, 0.2) is 29.4 Å². The molecule has 0 N–H and O–H groups in total. The molecule has 0 saturated carbocycles. The van der Waals surface area contributed by atoms with Gasteiger partial charge in [-0.05, 0) is 18.6 Å². The quantitative estimate of drug-likeness (QED) is 0.551. The summed E-state index contributed by atoms with van der Waals surface area (Å²) < 4.78 is 0. The van der Waals surface area contributed by atoms with Gasteiger partial charge in [-0.25, -0.2) is 4.98 Å². The Morgan fingerprint density at radius 2 is 2.05 bits per heavy atom. The number of pyridine rings is 1. The van der Waals surface area contributed by atoms with Crippen molar-refractivity contribution in [1.29, 1.82) is 0 Å². The third-order valence-corrected chi connectivity index (χ3v) is 4.27. The third-order valence-electron chi connectivity index (χ3n) is 3.19. The second kappa shape index (κ2) is 6.71. The summed E-state index contributed by atoms with van der Waals surface area (Å²) in [5.74, 6) is -2.28. The first-order valence-electron chi connectivity index (χ1n) is 6.62. The maximum absolute atomic E-state index is 11.7. The van der Waals surface area contributed by atoms with Gasteiger partial charge >= 0.3 is 0 Å². The Labute approximate surface area is 126 Å². The molecular formula is C14H15N2O4S-. The van der Waals surface area contributed by atoms with Crippen LogP contribution in [-0.4, -0.2) is 39.0 Å². The predicted molar refractivity (Wildman–Crippen MR) is 74.1 cm³/mol. The van der Waals surface area contributed by atoms with Gasteiger partial charge in [-0.15, -0.1) is 11.8 Å². The van der Waals surface area contributed by atoms with Gasteiger partial charge in [0.2, 0.25) is 11.8 Å². The fourth-order valence-electron chi connectivity index (χ4n) is 2.23. The molecule has 1 aliphatic rings. The van der Waals surface area contributed by atoms with E-state index in [1.165, 1.54) is 11.8 Å². The van der Waals surface area contributed by atoms with Crippen molar-refractivity contribution >= 4 is 29.5 Å². The van der Waals surface area contributed by atoms with Gasteiger partial charge in [0, 0.05) is 24.3 Å². The monoisotopic (exact) mass is 307 g/mol. The van der Waals surface area contributed by atoms with Crippen LogP contribution in [0.3, 0.4) is 0 Å². The fraction of sp³-hybridized carbons (Fsp3) is 0.429. The second-order valence-corrected chi connectivity index (χ2v) is 6.28. The van der Waals surface area contributed by atoms with Gasteiger partial charge in [0.25, 0.3) is 0 Å². The second-order valence-electron chi connectivity index (χ2n) is 4.82. The highest BCUT2D eigenvalue weighted by Gasteiger charge is 2.36. The summed E-state index contributed by atoms with van der Waals surface area (Å²) in [7, 11) is 0. The summed E-state index contributed by atoms with van der Waals surface area (Å²) in [6.07, 6.45) is 1.94. The Morgan fingerprint density at radius 3 is 2.57 bits per heavy atom. The normalized spacial score (nSPS) is 17.9. The first kappa shape index (κ1) is 15.5. The number of hydrogen-bond acceptors (Lipinski definition) is 6. The van der Waals surface area contributed by atoms with E-state index in [0.29, 0.717) is 0 Å². The van der Waals surface area contributed by atoms with Crippen LogP contribution in [0.25, 0.3) is 0 Å². The highest BCUT2D eigenvalue weighted by Crippen LogP contribution is 2.27. The van der Waals surface area contributed by atoms with Gasteiger partial charge in [-0.2, -0.15) is 0 Å². The van der Waals surface area contributed by atoms with Crippen molar-refractivity contribution in [3.8, 4) is 0 Å². The van der Waals surface area contributed by atoms with E-state index in [0.717, 1.165) is 9.93 Å². The van der Waals surface area contributed by atoms with E-state index in [9.17, 15) is 19.5 Å². The molecule has 2 heterocycles. The molecule has 2 atom stereocenters. The lowest BCUT2D eigenvalue weighted by Crippen LogP contribution is -2.51. The average molecular weight is 307 g/mol. The lowest BCUT2D eigenvalue weighted by Gasteiger charge is -2.29. The van der Waals surface area contributed by atoms with Crippen LogP contribution in [0.5, 0.6) is 0 Å². The Hall–Kier alpha value is -1.89. The molecule has 1 aliphatic heterocycles. The number of nitrogens with zero attached hydrogens (tertiary/aromatic N) is 2. The van der Waals surface area contributed by atoms with E-state index in [-0.39, 0.29) is 24.5 Å². The average Bonchev–Trinajstić information content (AvgIpc) is 2.76. The van der Waals surface area contributed by atoms with Gasteiger partial charge in [0.15, 0.2) is 0 Å². The van der Waals surface area contributed by atoms with Crippen LogP contribution in [0.2, 0.25) is 0 Å². The molecule has 1 fully saturated rings. The number of carboxylic acid groups (broad SMARTS) is 1. The van der Waals surface area contributed by atoms with Crippen molar-refractivity contribution in [2.45, 2.75) is 42.5 Å². The maximum Gasteiger partial charge on any atom is 0.230 e. The van der Waals surface area contributed by atoms with E-state index in [2.05, 4.69) is 4.98 Å². The van der Waals surface area contributed by atoms with E-state index in [1.807, 2.05) is 19.1 Å². The van der Waals surface area contributed by atoms with E-state index < -0.39 is 23.8 Å². The van der Waals surface area contributed by atoms with Gasteiger partial charge in [0.1, 0.15) is 0 Å². The molecule has 0 spiro atoms. The topological polar surface area (TPSA) is 90.4 Å². The summed E-state index contributed by atoms with van der Waals surface area (Å²) in [6, 6.07) is 4.24. The number of imide groups is 1. The Kier molecular flexibility index (Phi) is 4.95. The molecular weight excluding hydrogens is 292 g/mol. The standard InChI is InChI=1S/C14H16N2O4S/c1-9(21-11-4-2-3-7-15-11)8-10(14(19)20)16-12(17)5-6-13(16)18/h2-4,7,9-10H,5-6,8H2,1H3,(H,19,20)/p-1. The van der Waals surface area contributed by atoms with Crippen LogP contribution in [0, 0.1) is 0 Å². The lowest BCUT2D eigenvalue weighted by molar-refractivity contribution is -0.311. The van der Waals surface area contributed by atoms with Crippen LogP contribution < -0.4 is 5.11 Å². The number of aromatic nitrogens is 1. The molecule has 1 aromatic rings. The van der Waals surface area contributed by atoms with Crippen molar-refractivity contribution in [3.63, 3.8) is 0 Å². The number of aliphatic carboxylic acids is 1. The highest BCUT2D eigenvalue weighted by atomic mass is 32.2. The Bertz CT molecular complexity index is 533. The fourth-order valence-corrected chi connectivity index (χ4v) is 3.20. The van der Waals surface area contributed by atoms with Crippen molar-refractivity contribution in [1.82, 2.24) is 9.88 Å². The summed E-state index contributed by atoms with van der Waals surface area (Å²) in [4.78, 5) is 39.6. The summed E-state index contributed by atoms with van der Waals surface area (Å²) in [5, 5.41) is 11.9. The van der Waals surface area contributed by atoms with Crippen LogP contribution >= 0.6 is 11.8 Å². The largest absolute Gasteiger partial charge is 0.548 e. The number of carbonyl (C=O) groups is 3. The van der Waals surface area contributed by atoms with Crippen LogP contribution in [-0.2, 0) is 14.4 Å². The van der Waals surface area contributed by atoms with Gasteiger partial charge < -0.3 is 9.90 Å². The Balaban J connectivity index is 2.04. The Morgan fingerprint density at radius 1 is 1.38 bits per heavy atom. The molecule has 0 aromatic carbocycles. The minimum Gasteiger partial charge on any atom is -0.548 e. The van der Waals surface area contributed by atoms with Gasteiger partial charge in [-0.1, -0.05) is 13.0 Å². The third kappa shape index (κ3) is 3.81. The van der Waals surface area contributed by atoms with Gasteiger partial charge in [0.05, 0.1) is 17.0 Å². The van der Waals surface area contributed by atoms with Gasteiger partial charge in [-0.3, -0.25) is 14.5 Å². The SMILES string of the molecule is CC(CC(C(=O)[O-])N1C(=O)CCC1=O)Sc1ccccn1. The molecule has 1 saturated heterocycles. The van der Waals surface area contributed by atoms with E-state index in [4.69, 9.17) is 0 Å². The molecule has 21 heavy (non-hydrogen) atoms. The molecule has 0 aliphatic carbocycles. The molecule has 7 heteroatoms. The molecule has 0 radical (unpaired) electrons. The van der Waals surface area contributed by atoms with E-state index >= 15 is 0 Å². The number of likely N-dealkylation sites (tertiary alicyclic amines) is 1. The summed E-state index contributed by atoms with van der Waals surface area (Å²) in [6.45, 7) is 1.83. The van der Waals surface area contributed by atoms with Crippen molar-refractivity contribution in [2.24, 2.45) is 0 Å². The molecule has 2 unspecified atom stereocenters. The molecule has 6 nitrogen and oxygen atoms in total. The van der Waals surface area contributed by atoms with Crippen LogP contribution in [0.1, 0.15) is 26.2 Å². The zero-order valence-corrected chi connectivity index (χ0v) is 12.3. The van der Waals surface area contributed by atoms with Crippen molar-refractivity contribution < 1.29 is 19.5 Å². The zero-order chi connectivity index (χ0) is 15.4. The number of rotatable bonds is 6. The number of carboxylic acids is 1. The first-order chi connectivity index (χ1) is 9.99. The minimum atomic E-state index is -1.40. The lowest BCUT2D eigenvalue weighted by atomic mass is 10.1. The predicted octanol–water partition coefficient (Wildman–Crippen LogP) is 0.220. The molecule has 1 aromatic heterocycles. The number of thioether (sulfide) groups is 1. The first-order valence-corrected chi connectivity index (χ1v) is 7.50. The molecule has 0 bridgehead atoms. The summed E-state index contributed by atoms with van der Waals surface area (Å²) >= 11 is 1.40. The molecule has 112 valence electrons. The molecule has 2 amide bonds. The maximum atomic E-state index is 11.7. The smallest absolute Gasteiger partial charge is 0.230 e.